The van der Waals surface area contributed by atoms with E-state index in [2.05, 4.69) is 0 Å². The summed E-state index contributed by atoms with van der Waals surface area (Å²) in [4.78, 5) is 0. The fourth-order valence-corrected chi connectivity index (χ4v) is 2.98. The summed E-state index contributed by atoms with van der Waals surface area (Å²) in [5.74, 6) is 0.181. The van der Waals surface area contributed by atoms with Crippen molar-refractivity contribution in [2.45, 2.75) is 25.9 Å². The Balaban J connectivity index is 2.47. The van der Waals surface area contributed by atoms with Crippen molar-refractivity contribution in [2.75, 3.05) is 13.7 Å². The lowest BCUT2D eigenvalue weighted by atomic mass is 9.97. The van der Waals surface area contributed by atoms with Crippen LogP contribution in [0.1, 0.15) is 30.9 Å². The summed E-state index contributed by atoms with van der Waals surface area (Å²) in [6.07, 6.45) is -4.37. The van der Waals surface area contributed by atoms with Gasteiger partial charge in [0.05, 0.1) is 12.7 Å². The molecular formula is C14H18F3NO. The summed E-state index contributed by atoms with van der Waals surface area (Å²) in [6, 6.07) is 4.16. The molecule has 2 rings (SSSR count). The molecule has 0 amide bonds. The smallest absolute Gasteiger partial charge is 0.416 e. The summed E-state index contributed by atoms with van der Waals surface area (Å²) in [5, 5.41) is 0. The monoisotopic (exact) mass is 273 g/mol. The van der Waals surface area contributed by atoms with Crippen LogP contribution in [0.25, 0.3) is 0 Å². The third-order valence-electron chi connectivity index (χ3n) is 4.21. The van der Waals surface area contributed by atoms with Crippen LogP contribution >= 0.6 is 0 Å². The van der Waals surface area contributed by atoms with Gasteiger partial charge >= 0.3 is 6.18 Å². The first kappa shape index (κ1) is 14.2. The Morgan fingerprint density at radius 2 is 1.95 bits per heavy atom. The number of nitrogens with two attached hydrogens (primary N) is 1. The van der Waals surface area contributed by atoms with Crippen molar-refractivity contribution in [1.29, 1.82) is 0 Å². The molecule has 1 saturated carbocycles. The van der Waals surface area contributed by atoms with E-state index in [1.165, 1.54) is 13.2 Å². The number of ether oxygens (including phenoxy) is 1. The van der Waals surface area contributed by atoms with Gasteiger partial charge in [-0.3, -0.25) is 0 Å². The molecule has 5 heteroatoms. The van der Waals surface area contributed by atoms with Gasteiger partial charge in [0.25, 0.3) is 0 Å². The summed E-state index contributed by atoms with van der Waals surface area (Å²) >= 11 is 0. The second-order valence-electron chi connectivity index (χ2n) is 5.59. The van der Waals surface area contributed by atoms with E-state index in [1.54, 1.807) is 6.07 Å². The molecule has 0 heterocycles. The van der Waals surface area contributed by atoms with Gasteiger partial charge < -0.3 is 10.5 Å². The Morgan fingerprint density at radius 3 is 2.37 bits per heavy atom. The molecule has 106 valence electrons. The molecule has 2 atom stereocenters. The SMILES string of the molecule is COc1ccc(C2C(CN)C2(C)C)c(C(F)(F)F)c1. The van der Waals surface area contributed by atoms with Gasteiger partial charge in [0.1, 0.15) is 5.75 Å². The molecule has 0 bridgehead atoms. The normalized spacial score (nSPS) is 25.2. The van der Waals surface area contributed by atoms with E-state index >= 15 is 0 Å². The van der Waals surface area contributed by atoms with Crippen LogP contribution in [0.2, 0.25) is 0 Å². The van der Waals surface area contributed by atoms with Crippen LogP contribution in [-0.4, -0.2) is 13.7 Å². The minimum atomic E-state index is -4.37. The quantitative estimate of drug-likeness (QED) is 0.916. The van der Waals surface area contributed by atoms with Crippen LogP contribution in [0.15, 0.2) is 18.2 Å². The zero-order valence-electron chi connectivity index (χ0n) is 11.2. The molecule has 0 spiro atoms. The predicted octanol–water partition coefficient (Wildman–Crippen LogP) is 3.41. The lowest BCUT2D eigenvalue weighted by molar-refractivity contribution is -0.138. The van der Waals surface area contributed by atoms with Gasteiger partial charge in [-0.05, 0) is 41.5 Å². The lowest BCUT2D eigenvalue weighted by Crippen LogP contribution is -2.10. The maximum absolute atomic E-state index is 13.1. The van der Waals surface area contributed by atoms with E-state index < -0.39 is 11.7 Å². The Morgan fingerprint density at radius 1 is 1.32 bits per heavy atom. The first-order chi connectivity index (χ1) is 8.73. The van der Waals surface area contributed by atoms with Crippen molar-refractivity contribution in [2.24, 2.45) is 17.1 Å². The van der Waals surface area contributed by atoms with E-state index in [1.807, 2.05) is 13.8 Å². The third-order valence-corrected chi connectivity index (χ3v) is 4.21. The molecule has 2 unspecified atom stereocenters. The van der Waals surface area contributed by atoms with Crippen LogP contribution in [0.4, 0.5) is 13.2 Å². The second kappa shape index (κ2) is 4.40. The van der Waals surface area contributed by atoms with Crippen molar-refractivity contribution >= 4 is 0 Å². The number of halogens is 3. The van der Waals surface area contributed by atoms with Crippen molar-refractivity contribution in [1.82, 2.24) is 0 Å². The standard InChI is InChI=1S/C14H18F3NO/c1-13(2)11(7-18)12(13)9-5-4-8(19-3)6-10(9)14(15,16)17/h4-6,11-12H,7,18H2,1-3H3. The third kappa shape index (κ3) is 2.31. The Kier molecular flexibility index (Phi) is 3.29. The average Bonchev–Trinajstić information content (AvgIpc) is 2.89. The van der Waals surface area contributed by atoms with Gasteiger partial charge in [0.2, 0.25) is 0 Å². The van der Waals surface area contributed by atoms with Crippen LogP contribution in [0, 0.1) is 11.3 Å². The molecule has 0 aromatic heterocycles. The fraction of sp³-hybridized carbons (Fsp3) is 0.571. The maximum atomic E-state index is 13.1. The summed E-state index contributed by atoms with van der Waals surface area (Å²) in [5.41, 5.74) is 5.19. The first-order valence-corrected chi connectivity index (χ1v) is 6.18. The minimum Gasteiger partial charge on any atom is -0.497 e. The molecular weight excluding hydrogens is 255 g/mol. The summed E-state index contributed by atoms with van der Waals surface area (Å²) in [6.45, 7) is 4.32. The Bertz CT molecular complexity index is 482. The van der Waals surface area contributed by atoms with E-state index in [0.29, 0.717) is 12.1 Å². The molecule has 0 aliphatic heterocycles. The topological polar surface area (TPSA) is 35.2 Å². The number of alkyl halides is 3. The van der Waals surface area contributed by atoms with Crippen molar-refractivity contribution < 1.29 is 17.9 Å². The highest BCUT2D eigenvalue weighted by molar-refractivity contribution is 5.44. The van der Waals surface area contributed by atoms with Crippen molar-refractivity contribution in [3.05, 3.63) is 29.3 Å². The highest BCUT2D eigenvalue weighted by Crippen LogP contribution is 2.65. The molecule has 1 fully saturated rings. The number of hydrogen-bond donors (Lipinski definition) is 1. The van der Waals surface area contributed by atoms with Gasteiger partial charge in [-0.1, -0.05) is 19.9 Å². The summed E-state index contributed by atoms with van der Waals surface area (Å²) < 4.78 is 44.3. The van der Waals surface area contributed by atoms with Gasteiger partial charge in [-0.2, -0.15) is 13.2 Å². The van der Waals surface area contributed by atoms with Crippen LogP contribution in [0.5, 0.6) is 5.75 Å². The minimum absolute atomic E-state index is 0.0991. The van der Waals surface area contributed by atoms with Crippen LogP contribution in [0.3, 0.4) is 0 Å². The molecule has 0 saturated heterocycles. The van der Waals surface area contributed by atoms with E-state index in [0.717, 1.165) is 6.07 Å². The number of rotatable bonds is 3. The van der Waals surface area contributed by atoms with Crippen LogP contribution in [-0.2, 0) is 6.18 Å². The van der Waals surface area contributed by atoms with Gasteiger partial charge in [-0.15, -0.1) is 0 Å². The lowest BCUT2D eigenvalue weighted by Gasteiger charge is -2.15. The van der Waals surface area contributed by atoms with Crippen LogP contribution < -0.4 is 10.5 Å². The van der Waals surface area contributed by atoms with Crippen molar-refractivity contribution in [3.8, 4) is 5.75 Å². The van der Waals surface area contributed by atoms with Gasteiger partial charge in [-0.25, -0.2) is 0 Å². The van der Waals surface area contributed by atoms with E-state index in [4.69, 9.17) is 10.5 Å². The Labute approximate surface area is 110 Å². The molecule has 2 N–H and O–H groups in total. The Hall–Kier alpha value is -1.23. The summed E-state index contributed by atoms with van der Waals surface area (Å²) in [7, 11) is 1.36. The molecule has 1 aromatic carbocycles. The molecule has 2 nitrogen and oxygen atoms in total. The first-order valence-electron chi connectivity index (χ1n) is 6.18. The molecule has 1 aliphatic carbocycles. The average molecular weight is 273 g/mol. The molecule has 1 aromatic rings. The maximum Gasteiger partial charge on any atom is 0.416 e. The largest absolute Gasteiger partial charge is 0.497 e. The van der Waals surface area contributed by atoms with E-state index in [9.17, 15) is 13.2 Å². The fourth-order valence-electron chi connectivity index (χ4n) is 2.98. The molecule has 1 aliphatic rings. The molecule has 0 radical (unpaired) electrons. The zero-order valence-corrected chi connectivity index (χ0v) is 11.2. The second-order valence-corrected chi connectivity index (χ2v) is 5.59. The number of methoxy groups -OCH3 is 1. The predicted molar refractivity (Wildman–Crippen MR) is 67.1 cm³/mol. The number of benzene rings is 1. The van der Waals surface area contributed by atoms with E-state index in [-0.39, 0.29) is 23.0 Å². The van der Waals surface area contributed by atoms with Gasteiger partial charge in [0.15, 0.2) is 0 Å². The number of hydrogen-bond acceptors (Lipinski definition) is 2. The van der Waals surface area contributed by atoms with Gasteiger partial charge in [0, 0.05) is 0 Å². The highest BCUT2D eigenvalue weighted by atomic mass is 19.4. The van der Waals surface area contributed by atoms with Crippen molar-refractivity contribution in [3.63, 3.8) is 0 Å². The molecule has 19 heavy (non-hydrogen) atoms. The highest BCUT2D eigenvalue weighted by Gasteiger charge is 2.59. The zero-order chi connectivity index (χ0) is 14.4.